The second-order valence-electron chi connectivity index (χ2n) is 5.65. The maximum absolute atomic E-state index is 11.7. The number of carboxylic acids is 1. The topological polar surface area (TPSA) is 79.5 Å². The predicted octanol–water partition coefficient (Wildman–Crippen LogP) is 2.86. The number of carbonyl (C=O) groups is 2. The summed E-state index contributed by atoms with van der Waals surface area (Å²) in [6, 6.07) is 3.66. The minimum atomic E-state index is -0.761. The molecule has 0 aliphatic rings. The summed E-state index contributed by atoms with van der Waals surface area (Å²) < 4.78 is 5.18. The Bertz CT molecular complexity index is 425. The minimum absolute atomic E-state index is 0.00661. The van der Waals surface area contributed by atoms with Gasteiger partial charge in [-0.1, -0.05) is 13.8 Å². The van der Waals surface area contributed by atoms with Crippen molar-refractivity contribution in [2.24, 2.45) is 11.8 Å². The van der Waals surface area contributed by atoms with E-state index in [0.717, 1.165) is 12.2 Å². The fourth-order valence-electron chi connectivity index (χ4n) is 2.30. The lowest BCUT2D eigenvalue weighted by molar-refractivity contribution is -0.137. The molecule has 0 saturated carbocycles. The number of hydrogen-bond donors (Lipinski definition) is 2. The first-order chi connectivity index (χ1) is 9.99. The van der Waals surface area contributed by atoms with Crippen LogP contribution in [0.2, 0.25) is 0 Å². The normalized spacial score (nSPS) is 12.3. The van der Waals surface area contributed by atoms with E-state index in [2.05, 4.69) is 19.2 Å². The highest BCUT2D eigenvalue weighted by Gasteiger charge is 2.15. The number of aliphatic carboxylic acids is 1. The van der Waals surface area contributed by atoms with Crippen LogP contribution in [-0.4, -0.2) is 23.5 Å². The second kappa shape index (κ2) is 9.21. The van der Waals surface area contributed by atoms with Crippen LogP contribution in [0.3, 0.4) is 0 Å². The Labute approximate surface area is 125 Å². The highest BCUT2D eigenvalue weighted by atomic mass is 16.4. The van der Waals surface area contributed by atoms with Crippen molar-refractivity contribution in [1.29, 1.82) is 0 Å². The molecule has 0 fully saturated rings. The van der Waals surface area contributed by atoms with Gasteiger partial charge in [0.2, 0.25) is 5.91 Å². The average Bonchev–Trinajstić information content (AvgIpc) is 2.92. The number of rotatable bonds is 10. The zero-order chi connectivity index (χ0) is 15.7. The summed E-state index contributed by atoms with van der Waals surface area (Å²) in [4.78, 5) is 22.3. The molecule has 1 unspecified atom stereocenters. The molecule has 0 spiro atoms. The Hall–Kier alpha value is -1.78. The summed E-state index contributed by atoms with van der Waals surface area (Å²) in [5.41, 5.74) is 0. The van der Waals surface area contributed by atoms with Crippen molar-refractivity contribution >= 4 is 11.9 Å². The first-order valence-electron chi connectivity index (χ1n) is 7.50. The number of carboxylic acid groups (broad SMARTS) is 1. The lowest BCUT2D eigenvalue weighted by Gasteiger charge is -2.20. The molecule has 0 aliphatic carbocycles. The number of carbonyl (C=O) groups excluding carboxylic acids is 1. The molecule has 1 aromatic heterocycles. The van der Waals surface area contributed by atoms with Gasteiger partial charge in [-0.2, -0.15) is 0 Å². The van der Waals surface area contributed by atoms with E-state index in [4.69, 9.17) is 9.52 Å². The van der Waals surface area contributed by atoms with Crippen molar-refractivity contribution in [2.75, 3.05) is 6.54 Å². The first kappa shape index (κ1) is 17.3. The number of nitrogens with one attached hydrogen (secondary N) is 1. The zero-order valence-electron chi connectivity index (χ0n) is 12.8. The van der Waals surface area contributed by atoms with Crippen LogP contribution in [0.15, 0.2) is 22.8 Å². The average molecular weight is 295 g/mol. The third kappa shape index (κ3) is 7.54. The van der Waals surface area contributed by atoms with E-state index in [1.54, 1.807) is 6.26 Å². The molecule has 2 N–H and O–H groups in total. The van der Waals surface area contributed by atoms with Gasteiger partial charge >= 0.3 is 5.97 Å². The molecule has 5 nitrogen and oxygen atoms in total. The van der Waals surface area contributed by atoms with Crippen molar-refractivity contribution in [3.63, 3.8) is 0 Å². The second-order valence-corrected chi connectivity index (χ2v) is 5.65. The summed E-state index contributed by atoms with van der Waals surface area (Å²) in [7, 11) is 0. The third-order valence-corrected chi connectivity index (χ3v) is 3.69. The van der Waals surface area contributed by atoms with Gasteiger partial charge in [0.15, 0.2) is 0 Å². The quantitative estimate of drug-likeness (QED) is 0.695. The van der Waals surface area contributed by atoms with Gasteiger partial charge in [0.1, 0.15) is 5.76 Å². The maximum Gasteiger partial charge on any atom is 0.303 e. The Kier molecular flexibility index (Phi) is 7.58. The highest BCUT2D eigenvalue weighted by Crippen LogP contribution is 2.20. The first-order valence-corrected chi connectivity index (χ1v) is 7.50. The number of aryl methyl sites for hydroxylation is 1. The van der Waals surface area contributed by atoms with Crippen LogP contribution in [-0.2, 0) is 16.0 Å². The van der Waals surface area contributed by atoms with E-state index >= 15 is 0 Å². The Balaban J connectivity index is 2.20. The van der Waals surface area contributed by atoms with E-state index in [-0.39, 0.29) is 12.3 Å². The van der Waals surface area contributed by atoms with E-state index in [1.165, 1.54) is 0 Å². The molecule has 1 amide bonds. The largest absolute Gasteiger partial charge is 0.481 e. The van der Waals surface area contributed by atoms with E-state index in [9.17, 15) is 9.59 Å². The summed E-state index contributed by atoms with van der Waals surface area (Å²) in [5, 5.41) is 11.6. The zero-order valence-corrected chi connectivity index (χ0v) is 12.8. The Morgan fingerprint density at radius 2 is 2.05 bits per heavy atom. The lowest BCUT2D eigenvalue weighted by Crippen LogP contribution is -2.27. The van der Waals surface area contributed by atoms with Gasteiger partial charge in [-0.3, -0.25) is 9.59 Å². The van der Waals surface area contributed by atoms with Gasteiger partial charge in [0, 0.05) is 25.8 Å². The van der Waals surface area contributed by atoms with Crippen LogP contribution >= 0.6 is 0 Å². The van der Waals surface area contributed by atoms with Crippen LogP contribution in [0.25, 0.3) is 0 Å². The molecular formula is C16H25NO4. The van der Waals surface area contributed by atoms with Gasteiger partial charge in [0.25, 0.3) is 0 Å². The minimum Gasteiger partial charge on any atom is -0.481 e. The maximum atomic E-state index is 11.7. The standard InChI is InChI=1S/C16H25NO4/c1-12(2)13(5-8-16(19)20)9-10-17-15(18)7-6-14-4-3-11-21-14/h3-4,11-13H,5-10H2,1-2H3,(H,17,18)(H,19,20). The monoisotopic (exact) mass is 295 g/mol. The molecule has 5 heteroatoms. The summed E-state index contributed by atoms with van der Waals surface area (Å²) in [5.74, 6) is 0.804. The van der Waals surface area contributed by atoms with Crippen molar-refractivity contribution < 1.29 is 19.1 Å². The molecule has 1 atom stereocenters. The molecule has 118 valence electrons. The molecule has 1 rings (SSSR count). The molecule has 0 radical (unpaired) electrons. The molecule has 1 aromatic rings. The highest BCUT2D eigenvalue weighted by molar-refractivity contribution is 5.76. The smallest absolute Gasteiger partial charge is 0.303 e. The molecule has 21 heavy (non-hydrogen) atoms. The van der Waals surface area contributed by atoms with Gasteiger partial charge < -0.3 is 14.8 Å². The van der Waals surface area contributed by atoms with Crippen molar-refractivity contribution in [3.8, 4) is 0 Å². The summed E-state index contributed by atoms with van der Waals surface area (Å²) in [6.07, 6.45) is 4.28. The van der Waals surface area contributed by atoms with Crippen molar-refractivity contribution in [1.82, 2.24) is 5.32 Å². The van der Waals surface area contributed by atoms with Crippen molar-refractivity contribution in [2.45, 2.75) is 46.0 Å². The van der Waals surface area contributed by atoms with Crippen molar-refractivity contribution in [3.05, 3.63) is 24.2 Å². The SMILES string of the molecule is CC(C)C(CCNC(=O)CCc1ccco1)CCC(=O)O. The molecule has 0 bridgehead atoms. The van der Waals surface area contributed by atoms with Gasteiger partial charge in [-0.15, -0.1) is 0 Å². The molecule has 1 heterocycles. The van der Waals surface area contributed by atoms with Gasteiger partial charge in [-0.05, 0) is 36.8 Å². The number of hydrogen-bond acceptors (Lipinski definition) is 3. The van der Waals surface area contributed by atoms with Gasteiger partial charge in [-0.25, -0.2) is 0 Å². The lowest BCUT2D eigenvalue weighted by atomic mass is 9.88. The molecular weight excluding hydrogens is 270 g/mol. The summed E-state index contributed by atoms with van der Waals surface area (Å²) >= 11 is 0. The Morgan fingerprint density at radius 1 is 1.29 bits per heavy atom. The van der Waals surface area contributed by atoms with Gasteiger partial charge in [0.05, 0.1) is 6.26 Å². The number of furan rings is 1. The summed E-state index contributed by atoms with van der Waals surface area (Å²) in [6.45, 7) is 4.77. The predicted molar refractivity (Wildman–Crippen MR) is 79.9 cm³/mol. The van der Waals surface area contributed by atoms with Crippen LogP contribution < -0.4 is 5.32 Å². The van der Waals surface area contributed by atoms with E-state index < -0.39 is 5.97 Å². The van der Waals surface area contributed by atoms with Crippen LogP contribution in [0.1, 0.15) is 45.3 Å². The van der Waals surface area contributed by atoms with E-state index in [0.29, 0.717) is 37.6 Å². The third-order valence-electron chi connectivity index (χ3n) is 3.69. The molecule has 0 saturated heterocycles. The number of amides is 1. The van der Waals surface area contributed by atoms with E-state index in [1.807, 2.05) is 12.1 Å². The Morgan fingerprint density at radius 3 is 2.62 bits per heavy atom. The molecule has 0 aliphatic heterocycles. The van der Waals surface area contributed by atoms with Crippen LogP contribution in [0.4, 0.5) is 0 Å². The van der Waals surface area contributed by atoms with Crippen LogP contribution in [0.5, 0.6) is 0 Å². The fourth-order valence-corrected chi connectivity index (χ4v) is 2.30. The van der Waals surface area contributed by atoms with Crippen LogP contribution in [0, 0.1) is 11.8 Å². The fraction of sp³-hybridized carbons (Fsp3) is 0.625. The molecule has 0 aromatic carbocycles.